The van der Waals surface area contributed by atoms with Crippen LogP contribution in [0, 0.1) is 5.92 Å². The Morgan fingerprint density at radius 1 is 1.29 bits per heavy atom. The smallest absolute Gasteiger partial charge is 0.319 e. The van der Waals surface area contributed by atoms with Crippen molar-refractivity contribution in [1.29, 1.82) is 0 Å². The van der Waals surface area contributed by atoms with E-state index in [0.717, 1.165) is 0 Å². The topological polar surface area (TPSA) is 139 Å². The van der Waals surface area contributed by atoms with Crippen molar-refractivity contribution in [2.24, 2.45) is 11.1 Å². The Kier molecular flexibility index (Phi) is 5.68. The van der Waals surface area contributed by atoms with Gasteiger partial charge in [-0.3, -0.25) is 4.79 Å². The summed E-state index contributed by atoms with van der Waals surface area (Å²) in [5, 5.41) is 18.6. The quantitative estimate of drug-likeness (QED) is 0.607. The monoisotopic (exact) mass is 315 g/mol. The first-order chi connectivity index (χ1) is 9.70. The highest BCUT2D eigenvalue weighted by Crippen LogP contribution is 2.12. The van der Waals surface area contributed by atoms with E-state index in [1.807, 2.05) is 0 Å². The van der Waals surface area contributed by atoms with Gasteiger partial charge in [-0.1, -0.05) is 6.92 Å². The number of carboxylic acids is 1. The number of hydrogen-bond acceptors (Lipinski definition) is 4. The molecule has 0 heterocycles. The zero-order valence-electron chi connectivity index (χ0n) is 11.4. The average Bonchev–Trinajstić information content (AvgIpc) is 2.38. The molecule has 0 fully saturated rings. The second-order valence-corrected chi connectivity index (χ2v) is 6.04. The third-order valence-corrected chi connectivity index (χ3v) is 3.65. The average molecular weight is 315 g/mol. The lowest BCUT2D eigenvalue weighted by Gasteiger charge is -2.09. The third-order valence-electron chi connectivity index (χ3n) is 2.73. The summed E-state index contributed by atoms with van der Waals surface area (Å²) in [7, 11) is -3.76. The lowest BCUT2D eigenvalue weighted by molar-refractivity contribution is -0.141. The number of anilines is 1. The van der Waals surface area contributed by atoms with E-state index >= 15 is 0 Å². The number of sulfonamides is 1. The Morgan fingerprint density at radius 2 is 1.86 bits per heavy atom. The molecule has 8 nitrogen and oxygen atoms in total. The van der Waals surface area contributed by atoms with Crippen LogP contribution in [0.3, 0.4) is 0 Å². The normalized spacial score (nSPS) is 12.5. The van der Waals surface area contributed by atoms with Crippen LogP contribution in [0.2, 0.25) is 0 Å². The molecule has 116 valence electrons. The first-order valence-corrected chi connectivity index (χ1v) is 7.65. The van der Waals surface area contributed by atoms with Crippen LogP contribution in [0.25, 0.3) is 0 Å². The predicted molar refractivity (Wildman–Crippen MR) is 76.3 cm³/mol. The number of primary sulfonamides is 1. The van der Waals surface area contributed by atoms with Gasteiger partial charge in [0, 0.05) is 12.2 Å². The van der Waals surface area contributed by atoms with Crippen molar-refractivity contribution in [2.75, 3.05) is 11.9 Å². The first-order valence-electron chi connectivity index (χ1n) is 6.10. The number of carbonyl (C=O) groups is 2. The Labute approximate surface area is 122 Å². The van der Waals surface area contributed by atoms with Crippen molar-refractivity contribution in [3.05, 3.63) is 24.3 Å². The van der Waals surface area contributed by atoms with Gasteiger partial charge in [0.05, 0.1) is 10.8 Å². The number of urea groups is 1. The highest BCUT2D eigenvalue weighted by molar-refractivity contribution is 7.89. The summed E-state index contributed by atoms with van der Waals surface area (Å²) in [4.78, 5) is 22.1. The van der Waals surface area contributed by atoms with Crippen molar-refractivity contribution < 1.29 is 23.1 Å². The van der Waals surface area contributed by atoms with Gasteiger partial charge in [-0.15, -0.1) is 0 Å². The molecule has 0 aliphatic carbocycles. The molecule has 1 aromatic carbocycles. The minimum atomic E-state index is -3.76. The molecule has 9 heteroatoms. The summed E-state index contributed by atoms with van der Waals surface area (Å²) >= 11 is 0. The summed E-state index contributed by atoms with van der Waals surface area (Å²) in [6.45, 7) is 1.77. The number of aliphatic carboxylic acids is 1. The van der Waals surface area contributed by atoms with Crippen LogP contribution in [0.5, 0.6) is 0 Å². The number of benzene rings is 1. The predicted octanol–water partition coefficient (Wildman–Crippen LogP) is 0.566. The van der Waals surface area contributed by atoms with E-state index in [1.165, 1.54) is 24.3 Å². The van der Waals surface area contributed by atoms with Crippen molar-refractivity contribution in [2.45, 2.75) is 18.2 Å². The van der Waals surface area contributed by atoms with Gasteiger partial charge in [-0.2, -0.15) is 0 Å². The minimum Gasteiger partial charge on any atom is -0.481 e. The van der Waals surface area contributed by atoms with E-state index in [4.69, 9.17) is 10.2 Å². The second-order valence-electron chi connectivity index (χ2n) is 4.48. The molecule has 0 radical (unpaired) electrons. The van der Waals surface area contributed by atoms with E-state index in [-0.39, 0.29) is 11.4 Å². The van der Waals surface area contributed by atoms with Crippen LogP contribution in [-0.2, 0) is 14.8 Å². The van der Waals surface area contributed by atoms with Gasteiger partial charge < -0.3 is 15.7 Å². The Balaban J connectivity index is 2.47. The molecule has 0 spiro atoms. The molecule has 21 heavy (non-hydrogen) atoms. The number of carbonyl (C=O) groups excluding carboxylic acids is 1. The minimum absolute atomic E-state index is 0.0521. The van der Waals surface area contributed by atoms with Crippen LogP contribution in [0.15, 0.2) is 29.2 Å². The largest absolute Gasteiger partial charge is 0.481 e. The zero-order valence-corrected chi connectivity index (χ0v) is 12.2. The van der Waals surface area contributed by atoms with Gasteiger partial charge in [-0.05, 0) is 30.7 Å². The molecule has 0 aromatic heterocycles. The molecule has 1 atom stereocenters. The molecule has 1 aromatic rings. The fourth-order valence-corrected chi connectivity index (χ4v) is 1.94. The summed E-state index contributed by atoms with van der Waals surface area (Å²) < 4.78 is 22.1. The van der Waals surface area contributed by atoms with Crippen LogP contribution < -0.4 is 15.8 Å². The first kappa shape index (κ1) is 16.9. The van der Waals surface area contributed by atoms with Crippen molar-refractivity contribution in [3.8, 4) is 0 Å². The second kappa shape index (κ2) is 7.04. The number of carboxylic acid groups (broad SMARTS) is 1. The molecule has 0 aliphatic rings. The van der Waals surface area contributed by atoms with Crippen LogP contribution in [0.1, 0.15) is 13.3 Å². The lowest BCUT2D eigenvalue weighted by Crippen LogP contribution is -2.31. The van der Waals surface area contributed by atoms with Gasteiger partial charge in [0.15, 0.2) is 0 Å². The Bertz CT molecular complexity index is 612. The summed E-state index contributed by atoms with van der Waals surface area (Å²) in [6.07, 6.45) is 0.313. The zero-order chi connectivity index (χ0) is 16.0. The number of amides is 2. The summed E-state index contributed by atoms with van der Waals surface area (Å²) in [6, 6.07) is 4.85. The standard InChI is InChI=1S/C12H17N3O5S/c1-8(11(16)17)6-7-14-12(18)15-9-2-4-10(5-3-9)21(13,19)20/h2-5,8H,6-7H2,1H3,(H,16,17)(H2,13,19,20)(H2,14,15,18). The highest BCUT2D eigenvalue weighted by atomic mass is 32.2. The van der Waals surface area contributed by atoms with Gasteiger partial charge in [0.1, 0.15) is 0 Å². The molecule has 0 saturated carbocycles. The van der Waals surface area contributed by atoms with E-state index in [1.54, 1.807) is 6.92 Å². The van der Waals surface area contributed by atoms with E-state index in [2.05, 4.69) is 10.6 Å². The highest BCUT2D eigenvalue weighted by Gasteiger charge is 2.11. The third kappa shape index (κ3) is 5.79. The molecule has 1 unspecified atom stereocenters. The van der Waals surface area contributed by atoms with Gasteiger partial charge in [0.2, 0.25) is 10.0 Å². The Morgan fingerprint density at radius 3 is 2.33 bits per heavy atom. The molecule has 1 rings (SSSR count). The number of rotatable bonds is 6. The van der Waals surface area contributed by atoms with Crippen molar-refractivity contribution in [1.82, 2.24) is 5.32 Å². The maximum Gasteiger partial charge on any atom is 0.319 e. The molecule has 0 saturated heterocycles. The van der Waals surface area contributed by atoms with Gasteiger partial charge in [-0.25, -0.2) is 18.4 Å². The van der Waals surface area contributed by atoms with Crippen molar-refractivity contribution in [3.63, 3.8) is 0 Å². The summed E-state index contributed by atoms with van der Waals surface area (Å²) in [5.74, 6) is -1.46. The molecular weight excluding hydrogens is 298 g/mol. The fraction of sp³-hybridized carbons (Fsp3) is 0.333. The SMILES string of the molecule is CC(CCNC(=O)Nc1ccc(S(N)(=O)=O)cc1)C(=O)O. The van der Waals surface area contributed by atoms with Gasteiger partial charge >= 0.3 is 12.0 Å². The number of hydrogen-bond donors (Lipinski definition) is 4. The molecule has 0 aliphatic heterocycles. The fourth-order valence-electron chi connectivity index (χ4n) is 1.43. The molecule has 0 bridgehead atoms. The van der Waals surface area contributed by atoms with Crippen LogP contribution in [-0.4, -0.2) is 32.1 Å². The van der Waals surface area contributed by atoms with Gasteiger partial charge in [0.25, 0.3) is 0 Å². The molecule has 2 amide bonds. The van der Waals surface area contributed by atoms with Crippen LogP contribution >= 0.6 is 0 Å². The maximum absolute atomic E-state index is 11.5. The van der Waals surface area contributed by atoms with Crippen LogP contribution in [0.4, 0.5) is 10.5 Å². The Hall–Kier alpha value is -2.13. The van der Waals surface area contributed by atoms with Crippen molar-refractivity contribution >= 4 is 27.7 Å². The van der Waals surface area contributed by atoms with E-state index < -0.39 is 27.9 Å². The molecular formula is C12H17N3O5S. The van der Waals surface area contributed by atoms with E-state index in [9.17, 15) is 18.0 Å². The number of nitrogens with one attached hydrogen (secondary N) is 2. The number of nitrogens with two attached hydrogens (primary N) is 1. The lowest BCUT2D eigenvalue weighted by atomic mass is 10.1. The summed E-state index contributed by atoms with van der Waals surface area (Å²) in [5.41, 5.74) is 0.395. The maximum atomic E-state index is 11.5. The molecule has 5 N–H and O–H groups in total. The van der Waals surface area contributed by atoms with E-state index in [0.29, 0.717) is 12.1 Å².